The minimum absolute atomic E-state index is 0.123. The van der Waals surface area contributed by atoms with E-state index in [0.717, 1.165) is 5.56 Å². The molecular formula is C28H29N7O3. The van der Waals surface area contributed by atoms with Gasteiger partial charge in [-0.1, -0.05) is 30.3 Å². The number of benzene rings is 1. The summed E-state index contributed by atoms with van der Waals surface area (Å²) in [7, 11) is 0. The van der Waals surface area contributed by atoms with Crippen LogP contribution in [0.1, 0.15) is 18.1 Å². The van der Waals surface area contributed by atoms with Crippen LogP contribution in [0, 0.1) is 22.7 Å². The molecule has 38 heavy (non-hydrogen) atoms. The van der Waals surface area contributed by atoms with Crippen molar-refractivity contribution in [3.05, 3.63) is 47.5 Å². The summed E-state index contributed by atoms with van der Waals surface area (Å²) >= 11 is 0. The van der Waals surface area contributed by atoms with Crippen LogP contribution in [0.4, 0.5) is 5.82 Å². The molecule has 10 nitrogen and oxygen atoms in total. The molecule has 0 unspecified atom stereocenters. The Morgan fingerprint density at radius 2 is 1.76 bits per heavy atom. The molecule has 5 rings (SSSR count). The second-order valence-corrected chi connectivity index (χ2v) is 9.18. The lowest BCUT2D eigenvalue weighted by atomic mass is 9.97. The highest BCUT2D eigenvalue weighted by Crippen LogP contribution is 2.37. The van der Waals surface area contributed by atoms with Crippen LogP contribution in [-0.4, -0.2) is 91.3 Å². The summed E-state index contributed by atoms with van der Waals surface area (Å²) in [6.45, 7) is 7.65. The topological polar surface area (TPSA) is 119 Å². The predicted molar refractivity (Wildman–Crippen MR) is 142 cm³/mol. The van der Waals surface area contributed by atoms with E-state index in [1.165, 1.54) is 0 Å². The number of nitriles is 2. The van der Waals surface area contributed by atoms with E-state index < -0.39 is 0 Å². The molecule has 3 aromatic rings. The van der Waals surface area contributed by atoms with E-state index in [1.807, 2.05) is 42.2 Å². The fraction of sp³-hybridized carbons (Fsp3) is 0.393. The van der Waals surface area contributed by atoms with E-state index in [1.54, 1.807) is 6.07 Å². The number of pyridine rings is 2. The first kappa shape index (κ1) is 25.4. The Hall–Kier alpha value is -4.25. The molecule has 194 valence electrons. The van der Waals surface area contributed by atoms with Crippen LogP contribution in [0.25, 0.3) is 22.2 Å². The summed E-state index contributed by atoms with van der Waals surface area (Å²) in [5.41, 5.74) is 2.65. The average Bonchev–Trinajstić information content (AvgIpc) is 2.97. The summed E-state index contributed by atoms with van der Waals surface area (Å²) in [4.78, 5) is 28.2. The van der Waals surface area contributed by atoms with Gasteiger partial charge in [0.1, 0.15) is 23.5 Å². The first-order valence-corrected chi connectivity index (χ1v) is 12.8. The number of nitrogens with zero attached hydrogens (tertiary/aromatic N) is 7. The number of fused-ring (bicyclic) bond motifs is 1. The Morgan fingerprint density at radius 1 is 1.03 bits per heavy atom. The van der Waals surface area contributed by atoms with Gasteiger partial charge in [0.05, 0.1) is 31.9 Å². The number of anilines is 1. The van der Waals surface area contributed by atoms with Crippen molar-refractivity contribution in [2.24, 2.45) is 0 Å². The molecule has 2 saturated heterocycles. The van der Waals surface area contributed by atoms with E-state index in [9.17, 15) is 15.3 Å². The van der Waals surface area contributed by atoms with Crippen molar-refractivity contribution >= 4 is 22.8 Å². The lowest BCUT2D eigenvalue weighted by Gasteiger charge is -2.36. The summed E-state index contributed by atoms with van der Waals surface area (Å²) in [5.74, 6) is 0.909. The Kier molecular flexibility index (Phi) is 7.64. The summed E-state index contributed by atoms with van der Waals surface area (Å²) in [6.07, 6.45) is 0. The predicted octanol–water partition coefficient (Wildman–Crippen LogP) is 2.42. The number of rotatable bonds is 6. The van der Waals surface area contributed by atoms with Gasteiger partial charge in [-0.15, -0.1) is 0 Å². The van der Waals surface area contributed by atoms with Gasteiger partial charge in [-0.3, -0.25) is 9.69 Å². The molecule has 1 amide bonds. The van der Waals surface area contributed by atoms with E-state index >= 15 is 0 Å². The first-order valence-electron chi connectivity index (χ1n) is 12.8. The maximum absolute atomic E-state index is 12.7. The van der Waals surface area contributed by atoms with Crippen LogP contribution in [0.15, 0.2) is 36.4 Å². The molecule has 10 heteroatoms. The quantitative estimate of drug-likeness (QED) is 0.491. The van der Waals surface area contributed by atoms with Crippen LogP contribution >= 0.6 is 0 Å². The van der Waals surface area contributed by atoms with Crippen LogP contribution < -0.4 is 9.64 Å². The molecule has 0 spiro atoms. The molecule has 0 saturated carbocycles. The smallest absolute Gasteiger partial charge is 0.236 e. The highest BCUT2D eigenvalue weighted by Gasteiger charge is 2.26. The maximum atomic E-state index is 12.7. The lowest BCUT2D eigenvalue weighted by Crippen LogP contribution is -2.51. The molecule has 0 aliphatic carbocycles. The number of morpholine rings is 1. The molecule has 2 fully saturated rings. The van der Waals surface area contributed by atoms with Crippen LogP contribution in [0.5, 0.6) is 5.88 Å². The number of hydrogen-bond acceptors (Lipinski definition) is 9. The Bertz CT molecular complexity index is 1400. The minimum Gasteiger partial charge on any atom is -0.477 e. The van der Waals surface area contributed by atoms with E-state index in [4.69, 9.17) is 14.5 Å². The molecule has 2 aliphatic heterocycles. The molecule has 0 atom stereocenters. The van der Waals surface area contributed by atoms with Gasteiger partial charge in [-0.05, 0) is 18.6 Å². The number of hydrogen-bond donors (Lipinski definition) is 0. The third-order valence-corrected chi connectivity index (χ3v) is 6.89. The van der Waals surface area contributed by atoms with Crippen molar-refractivity contribution in [3.63, 3.8) is 0 Å². The van der Waals surface area contributed by atoms with Crippen LogP contribution in [0.3, 0.4) is 0 Å². The fourth-order valence-corrected chi connectivity index (χ4v) is 4.95. The van der Waals surface area contributed by atoms with Gasteiger partial charge >= 0.3 is 0 Å². The third-order valence-electron chi connectivity index (χ3n) is 6.89. The Labute approximate surface area is 221 Å². The fourth-order valence-electron chi connectivity index (χ4n) is 4.95. The van der Waals surface area contributed by atoms with Gasteiger partial charge in [0.25, 0.3) is 0 Å². The monoisotopic (exact) mass is 511 g/mol. The van der Waals surface area contributed by atoms with Crippen LogP contribution in [-0.2, 0) is 9.53 Å². The zero-order valence-corrected chi connectivity index (χ0v) is 21.4. The number of piperazine rings is 1. The number of ether oxygens (including phenoxy) is 2. The van der Waals surface area contributed by atoms with E-state index in [2.05, 4.69) is 26.9 Å². The molecule has 2 aromatic heterocycles. The zero-order valence-electron chi connectivity index (χ0n) is 21.4. The summed E-state index contributed by atoms with van der Waals surface area (Å²) in [6, 6.07) is 15.9. The average molecular weight is 512 g/mol. The van der Waals surface area contributed by atoms with Gasteiger partial charge < -0.3 is 19.3 Å². The highest BCUT2D eigenvalue weighted by molar-refractivity contribution is 5.98. The maximum Gasteiger partial charge on any atom is 0.236 e. The van der Waals surface area contributed by atoms with Gasteiger partial charge in [0, 0.05) is 50.2 Å². The highest BCUT2D eigenvalue weighted by atomic mass is 16.5. The SMILES string of the molecule is CCOc1nc2nc(N3CCN(CC(=O)N4CCOCC4)CC3)c(C#N)cc2c(-c2ccccc2)c1C#N. The number of carbonyl (C=O) groups is 1. The molecule has 0 bridgehead atoms. The standard InChI is InChI=1S/C28H29N7O3/c1-2-38-28-23(18-30)25(20-6-4-3-5-7-20)22-16-21(17-29)27(31-26(22)32-28)35-10-8-33(9-11-35)19-24(36)34-12-14-37-15-13-34/h3-7,16H,2,8-15,19H2,1H3. The van der Waals surface area contributed by atoms with Crippen molar-refractivity contribution in [1.29, 1.82) is 10.5 Å². The number of amides is 1. The van der Waals surface area contributed by atoms with Crippen molar-refractivity contribution in [2.75, 3.05) is 70.5 Å². The minimum atomic E-state index is 0.123. The van der Waals surface area contributed by atoms with Crippen molar-refractivity contribution < 1.29 is 14.3 Å². The molecule has 0 radical (unpaired) electrons. The molecule has 2 aliphatic rings. The molecule has 4 heterocycles. The second-order valence-electron chi connectivity index (χ2n) is 9.18. The second kappa shape index (κ2) is 11.4. The normalized spacial score (nSPS) is 16.2. The Morgan fingerprint density at radius 3 is 2.42 bits per heavy atom. The van der Waals surface area contributed by atoms with Crippen molar-refractivity contribution in [1.82, 2.24) is 19.8 Å². The lowest BCUT2D eigenvalue weighted by molar-refractivity contribution is -0.136. The summed E-state index contributed by atoms with van der Waals surface area (Å²) < 4.78 is 11.1. The van der Waals surface area contributed by atoms with E-state index in [-0.39, 0.29) is 11.8 Å². The number of aromatic nitrogens is 2. The molecule has 1 aromatic carbocycles. The third kappa shape index (κ3) is 5.10. The van der Waals surface area contributed by atoms with Gasteiger partial charge in [0.2, 0.25) is 11.8 Å². The molecular weight excluding hydrogens is 482 g/mol. The summed E-state index contributed by atoms with van der Waals surface area (Å²) in [5, 5.41) is 20.7. The Balaban J connectivity index is 1.45. The number of carbonyl (C=O) groups excluding carboxylic acids is 1. The van der Waals surface area contributed by atoms with E-state index in [0.29, 0.717) is 99.2 Å². The van der Waals surface area contributed by atoms with Gasteiger partial charge in [-0.2, -0.15) is 15.5 Å². The van der Waals surface area contributed by atoms with Crippen molar-refractivity contribution in [2.45, 2.75) is 6.92 Å². The first-order chi connectivity index (χ1) is 18.6. The largest absolute Gasteiger partial charge is 0.477 e. The van der Waals surface area contributed by atoms with Gasteiger partial charge in [0.15, 0.2) is 5.65 Å². The zero-order chi connectivity index (χ0) is 26.5. The van der Waals surface area contributed by atoms with Crippen molar-refractivity contribution in [3.8, 4) is 29.1 Å². The molecule has 0 N–H and O–H groups in total. The van der Waals surface area contributed by atoms with Gasteiger partial charge in [-0.25, -0.2) is 4.98 Å². The van der Waals surface area contributed by atoms with Crippen LogP contribution in [0.2, 0.25) is 0 Å².